The first-order chi connectivity index (χ1) is 9.65. The fourth-order valence-corrected chi connectivity index (χ4v) is 4.65. The number of hydrogen-bond donors (Lipinski definition) is 2. The molecule has 0 aliphatic heterocycles. The van der Waals surface area contributed by atoms with Gasteiger partial charge in [0, 0.05) is 12.2 Å². The number of carbonyl (C=O) groups is 2. The number of carbonyl (C=O) groups excluding carboxylic acids is 1. The fraction of sp³-hybridized carbons (Fsp3) is 0.600. The maximum absolute atomic E-state index is 12.3. The van der Waals surface area contributed by atoms with Crippen molar-refractivity contribution in [1.29, 1.82) is 0 Å². The molecule has 0 radical (unpaired) electrons. The minimum Gasteiger partial charge on any atom is -0.480 e. The molecule has 0 saturated heterocycles. The van der Waals surface area contributed by atoms with E-state index in [1.54, 1.807) is 18.3 Å². The van der Waals surface area contributed by atoms with Crippen LogP contribution in [0.25, 0.3) is 0 Å². The number of aliphatic carboxylic acids is 1. The van der Waals surface area contributed by atoms with Gasteiger partial charge in [-0.05, 0) is 55.1 Å². The van der Waals surface area contributed by atoms with Crippen LogP contribution in [-0.2, 0) is 11.3 Å². The van der Waals surface area contributed by atoms with Crippen LogP contribution in [0.4, 0.5) is 0 Å². The second-order valence-electron chi connectivity index (χ2n) is 6.40. The van der Waals surface area contributed by atoms with Crippen molar-refractivity contribution in [2.45, 2.75) is 31.8 Å². The Bertz CT molecular complexity index is 563. The summed E-state index contributed by atoms with van der Waals surface area (Å²) in [7, 11) is 0. The zero-order valence-corrected chi connectivity index (χ0v) is 11.2. The van der Waals surface area contributed by atoms with Crippen LogP contribution in [0.1, 0.15) is 29.8 Å². The molecule has 106 valence electrons. The van der Waals surface area contributed by atoms with Gasteiger partial charge in [0.1, 0.15) is 12.2 Å². The quantitative estimate of drug-likeness (QED) is 0.870. The Morgan fingerprint density at radius 1 is 1.30 bits per heavy atom. The van der Waals surface area contributed by atoms with Gasteiger partial charge in [-0.3, -0.25) is 9.59 Å². The molecule has 5 heteroatoms. The van der Waals surface area contributed by atoms with Crippen molar-refractivity contribution < 1.29 is 14.7 Å². The summed E-state index contributed by atoms with van der Waals surface area (Å²) in [6.07, 6.45) is 5.65. The van der Waals surface area contributed by atoms with E-state index in [4.69, 9.17) is 5.11 Å². The zero-order valence-electron chi connectivity index (χ0n) is 11.2. The van der Waals surface area contributed by atoms with Gasteiger partial charge in [-0.1, -0.05) is 0 Å². The molecule has 4 rings (SSSR count). The summed E-state index contributed by atoms with van der Waals surface area (Å²) < 4.78 is 1.49. The average molecular weight is 274 g/mol. The third-order valence-corrected chi connectivity index (χ3v) is 5.40. The standard InChI is InChI=1S/C15H18N2O3/c18-11(19)7-17-5-1-2-10(17)15(20)16-14-12-8-3-4-9(6-8)13(12)14/h1-2,5,8-9,12-14H,3-4,6-7H2,(H,16,20)(H,18,19). The lowest BCUT2D eigenvalue weighted by Crippen LogP contribution is -2.32. The summed E-state index contributed by atoms with van der Waals surface area (Å²) in [4.78, 5) is 23.1. The normalized spacial score (nSPS) is 36.7. The van der Waals surface area contributed by atoms with Gasteiger partial charge in [0.05, 0.1) is 0 Å². The predicted octanol–water partition coefficient (Wildman–Crippen LogP) is 1.35. The molecule has 2 N–H and O–H groups in total. The second-order valence-corrected chi connectivity index (χ2v) is 6.40. The van der Waals surface area contributed by atoms with Gasteiger partial charge in [0.15, 0.2) is 0 Å². The van der Waals surface area contributed by atoms with Crippen LogP contribution in [0.15, 0.2) is 18.3 Å². The number of amides is 1. The molecule has 3 saturated carbocycles. The summed E-state index contributed by atoms with van der Waals surface area (Å²) in [6, 6.07) is 3.74. The maximum atomic E-state index is 12.3. The van der Waals surface area contributed by atoms with Crippen LogP contribution in [0.5, 0.6) is 0 Å². The van der Waals surface area contributed by atoms with Gasteiger partial charge in [0.25, 0.3) is 5.91 Å². The number of fused-ring (bicyclic) bond motifs is 5. The Kier molecular flexibility index (Phi) is 2.46. The van der Waals surface area contributed by atoms with Gasteiger partial charge in [-0.2, -0.15) is 0 Å². The van der Waals surface area contributed by atoms with Crippen molar-refractivity contribution in [3.8, 4) is 0 Å². The number of nitrogens with zero attached hydrogens (tertiary/aromatic N) is 1. The Labute approximate surface area is 117 Å². The fourth-order valence-electron chi connectivity index (χ4n) is 4.65. The van der Waals surface area contributed by atoms with Crippen molar-refractivity contribution >= 4 is 11.9 Å². The van der Waals surface area contributed by atoms with Crippen LogP contribution < -0.4 is 5.32 Å². The van der Waals surface area contributed by atoms with Gasteiger partial charge in [-0.25, -0.2) is 0 Å². The summed E-state index contributed by atoms with van der Waals surface area (Å²) in [5.74, 6) is 1.97. The molecule has 3 fully saturated rings. The molecular weight excluding hydrogens is 256 g/mol. The summed E-state index contributed by atoms with van der Waals surface area (Å²) >= 11 is 0. The van der Waals surface area contributed by atoms with Gasteiger partial charge >= 0.3 is 5.97 Å². The second kappa shape index (κ2) is 4.11. The third-order valence-electron chi connectivity index (χ3n) is 5.40. The van der Waals surface area contributed by atoms with Crippen molar-refractivity contribution in [2.75, 3.05) is 0 Å². The smallest absolute Gasteiger partial charge is 0.323 e. The van der Waals surface area contributed by atoms with Crippen LogP contribution in [-0.4, -0.2) is 27.6 Å². The molecule has 3 aliphatic rings. The van der Waals surface area contributed by atoms with E-state index in [2.05, 4.69) is 5.32 Å². The van der Waals surface area contributed by atoms with Gasteiger partial charge in [-0.15, -0.1) is 0 Å². The summed E-state index contributed by atoms with van der Waals surface area (Å²) in [5, 5.41) is 12.0. The van der Waals surface area contributed by atoms with Crippen molar-refractivity contribution in [3.05, 3.63) is 24.0 Å². The van der Waals surface area contributed by atoms with Crippen molar-refractivity contribution in [1.82, 2.24) is 9.88 Å². The Balaban J connectivity index is 1.44. The Morgan fingerprint density at radius 3 is 2.65 bits per heavy atom. The van der Waals surface area contributed by atoms with E-state index < -0.39 is 5.97 Å². The molecule has 3 aliphatic carbocycles. The highest BCUT2D eigenvalue weighted by atomic mass is 16.4. The minimum absolute atomic E-state index is 0.130. The molecule has 1 heterocycles. The minimum atomic E-state index is -0.934. The SMILES string of the molecule is O=C(O)Cn1cccc1C(=O)NC1C2C3CCC(C3)C12. The van der Waals surface area contributed by atoms with E-state index in [0.717, 1.165) is 11.8 Å². The molecule has 0 aromatic carbocycles. The van der Waals surface area contributed by atoms with E-state index in [1.807, 2.05) is 0 Å². The lowest BCUT2D eigenvalue weighted by molar-refractivity contribution is -0.137. The predicted molar refractivity (Wildman–Crippen MR) is 71.1 cm³/mol. The summed E-state index contributed by atoms with van der Waals surface area (Å²) in [6.45, 7) is -0.168. The molecule has 4 unspecified atom stereocenters. The average Bonchev–Trinajstić information content (AvgIpc) is 2.82. The van der Waals surface area contributed by atoms with Crippen LogP contribution in [0.3, 0.4) is 0 Å². The van der Waals surface area contributed by atoms with E-state index in [-0.39, 0.29) is 12.5 Å². The third kappa shape index (κ3) is 1.69. The largest absolute Gasteiger partial charge is 0.480 e. The molecular formula is C15H18N2O3. The van der Waals surface area contributed by atoms with Crippen LogP contribution in [0.2, 0.25) is 0 Å². The zero-order chi connectivity index (χ0) is 13.9. The van der Waals surface area contributed by atoms with E-state index in [0.29, 0.717) is 23.6 Å². The molecule has 1 aromatic rings. The van der Waals surface area contributed by atoms with Crippen LogP contribution in [0, 0.1) is 23.7 Å². The molecule has 0 spiro atoms. The number of carboxylic acids is 1. The highest BCUT2D eigenvalue weighted by Crippen LogP contribution is 2.65. The van der Waals surface area contributed by atoms with Gasteiger partial charge in [0.2, 0.25) is 0 Å². The van der Waals surface area contributed by atoms with Crippen molar-refractivity contribution in [3.63, 3.8) is 0 Å². The first-order valence-electron chi connectivity index (χ1n) is 7.33. The van der Waals surface area contributed by atoms with E-state index in [1.165, 1.54) is 23.8 Å². The highest BCUT2D eigenvalue weighted by Gasteiger charge is 2.65. The monoisotopic (exact) mass is 274 g/mol. The molecule has 4 atom stereocenters. The van der Waals surface area contributed by atoms with Gasteiger partial charge < -0.3 is 15.0 Å². The Morgan fingerprint density at radius 2 is 2.00 bits per heavy atom. The number of carboxylic acid groups (broad SMARTS) is 1. The number of hydrogen-bond acceptors (Lipinski definition) is 2. The Hall–Kier alpha value is -1.78. The lowest BCUT2D eigenvalue weighted by Gasteiger charge is -2.11. The number of rotatable bonds is 4. The summed E-state index contributed by atoms with van der Waals surface area (Å²) in [5.41, 5.74) is 0.449. The van der Waals surface area contributed by atoms with E-state index in [9.17, 15) is 9.59 Å². The number of aromatic nitrogens is 1. The maximum Gasteiger partial charge on any atom is 0.323 e. The van der Waals surface area contributed by atoms with E-state index >= 15 is 0 Å². The topological polar surface area (TPSA) is 71.3 Å². The lowest BCUT2D eigenvalue weighted by atomic mass is 10.0. The van der Waals surface area contributed by atoms with Crippen molar-refractivity contribution in [2.24, 2.45) is 23.7 Å². The molecule has 20 heavy (non-hydrogen) atoms. The van der Waals surface area contributed by atoms with Crippen LogP contribution >= 0.6 is 0 Å². The number of nitrogens with one attached hydrogen (secondary N) is 1. The molecule has 5 nitrogen and oxygen atoms in total. The molecule has 1 amide bonds. The highest BCUT2D eigenvalue weighted by molar-refractivity contribution is 5.93. The molecule has 2 bridgehead atoms. The first kappa shape index (κ1) is 12.0. The first-order valence-corrected chi connectivity index (χ1v) is 7.33. The molecule has 1 aromatic heterocycles.